The molecule has 0 radical (unpaired) electrons. The zero-order chi connectivity index (χ0) is 13.4. The van der Waals surface area contributed by atoms with Crippen molar-refractivity contribution in [3.05, 3.63) is 70.5 Å². The summed E-state index contributed by atoms with van der Waals surface area (Å²) in [6.07, 6.45) is 2.05. The maximum atomic E-state index is 5.61. The van der Waals surface area contributed by atoms with Crippen LogP contribution in [0.25, 0.3) is 16.5 Å². The van der Waals surface area contributed by atoms with Crippen molar-refractivity contribution in [2.24, 2.45) is 0 Å². The third kappa shape index (κ3) is 2.20. The van der Waals surface area contributed by atoms with Gasteiger partial charge in [0.25, 0.3) is 0 Å². The summed E-state index contributed by atoms with van der Waals surface area (Å²) < 4.78 is 2.92. The first-order valence-electron chi connectivity index (χ1n) is 6.34. The number of aryl methyl sites for hydroxylation is 2. The zero-order valence-electron chi connectivity index (χ0n) is 11.1. The van der Waals surface area contributed by atoms with Gasteiger partial charge in [0, 0.05) is 17.3 Å². The Kier molecular flexibility index (Phi) is 2.96. The highest BCUT2D eigenvalue weighted by atomic mass is 32.1. The minimum absolute atomic E-state index is 0.862. The summed E-state index contributed by atoms with van der Waals surface area (Å²) in [6.45, 7) is 4.19. The van der Waals surface area contributed by atoms with E-state index in [1.807, 2.05) is 0 Å². The summed E-state index contributed by atoms with van der Waals surface area (Å²) in [5.41, 5.74) is 3.62. The number of rotatable bonds is 1. The summed E-state index contributed by atoms with van der Waals surface area (Å²) in [6, 6.07) is 16.9. The smallest absolute Gasteiger partial charge is 0.118 e. The summed E-state index contributed by atoms with van der Waals surface area (Å²) in [4.78, 5) is 0. The quantitative estimate of drug-likeness (QED) is 0.562. The maximum Gasteiger partial charge on any atom is 0.118 e. The van der Waals surface area contributed by atoms with E-state index >= 15 is 0 Å². The molecule has 0 aliphatic carbocycles. The Morgan fingerprint density at radius 3 is 2.26 bits per heavy atom. The molecule has 2 aromatic carbocycles. The van der Waals surface area contributed by atoms with Crippen LogP contribution in [0.4, 0.5) is 0 Å². The summed E-state index contributed by atoms with van der Waals surface area (Å²) >= 11 is 5.61. The second-order valence-corrected chi connectivity index (χ2v) is 5.30. The van der Waals surface area contributed by atoms with Crippen LogP contribution in [0.3, 0.4) is 0 Å². The van der Waals surface area contributed by atoms with E-state index in [0.717, 1.165) is 15.7 Å². The normalized spacial score (nSPS) is 10.8. The van der Waals surface area contributed by atoms with E-state index in [1.165, 1.54) is 16.5 Å². The molecule has 0 fully saturated rings. The minimum Gasteiger partial charge on any atom is -0.308 e. The van der Waals surface area contributed by atoms with Gasteiger partial charge < -0.3 is 4.57 Å². The molecule has 1 nitrogen and oxygen atoms in total. The van der Waals surface area contributed by atoms with Gasteiger partial charge in [0.15, 0.2) is 0 Å². The molecule has 0 bridgehead atoms. The third-order valence-corrected chi connectivity index (χ3v) is 3.79. The lowest BCUT2D eigenvalue weighted by atomic mass is 10.1. The van der Waals surface area contributed by atoms with Gasteiger partial charge in [-0.05, 0) is 37.4 Å². The van der Waals surface area contributed by atoms with E-state index in [1.54, 1.807) is 0 Å². The average Bonchev–Trinajstić information content (AvgIpc) is 2.40. The third-order valence-electron chi connectivity index (χ3n) is 3.37. The molecular formula is C17H15NS. The van der Waals surface area contributed by atoms with E-state index < -0.39 is 0 Å². The predicted octanol–water partition coefficient (Wildman–Crippen LogP) is 4.98. The molecule has 2 heteroatoms. The summed E-state index contributed by atoms with van der Waals surface area (Å²) in [5.74, 6) is 0. The van der Waals surface area contributed by atoms with E-state index in [9.17, 15) is 0 Å². The Morgan fingerprint density at radius 1 is 0.842 bits per heavy atom. The van der Waals surface area contributed by atoms with Crippen molar-refractivity contribution in [1.29, 1.82) is 0 Å². The van der Waals surface area contributed by atoms with Gasteiger partial charge in [-0.15, -0.1) is 0 Å². The number of aromatic nitrogens is 1. The van der Waals surface area contributed by atoms with Crippen LogP contribution < -0.4 is 0 Å². The Bertz CT molecular complexity index is 798. The molecular weight excluding hydrogens is 250 g/mol. The van der Waals surface area contributed by atoms with E-state index in [-0.39, 0.29) is 0 Å². The first kappa shape index (κ1) is 12.1. The molecule has 3 aromatic rings. The Labute approximate surface area is 118 Å². The fourth-order valence-corrected chi connectivity index (χ4v) is 2.63. The van der Waals surface area contributed by atoms with E-state index in [2.05, 4.69) is 73.1 Å². The van der Waals surface area contributed by atoms with Gasteiger partial charge in [-0.3, -0.25) is 0 Å². The number of hydrogen-bond acceptors (Lipinski definition) is 1. The van der Waals surface area contributed by atoms with Gasteiger partial charge in [-0.1, -0.05) is 53.7 Å². The van der Waals surface area contributed by atoms with Gasteiger partial charge in [0.05, 0.1) is 0 Å². The first-order valence-corrected chi connectivity index (χ1v) is 6.75. The van der Waals surface area contributed by atoms with E-state index in [4.69, 9.17) is 12.2 Å². The number of fused-ring (bicyclic) bond motifs is 1. The average molecular weight is 265 g/mol. The molecule has 1 heterocycles. The van der Waals surface area contributed by atoms with Crippen molar-refractivity contribution in [3.63, 3.8) is 0 Å². The van der Waals surface area contributed by atoms with Crippen molar-refractivity contribution in [3.8, 4) is 5.69 Å². The molecule has 0 amide bonds. The molecule has 0 saturated carbocycles. The molecule has 94 valence electrons. The monoisotopic (exact) mass is 265 g/mol. The molecule has 0 spiro atoms. The molecule has 0 N–H and O–H groups in total. The molecule has 19 heavy (non-hydrogen) atoms. The Hall–Kier alpha value is -1.93. The second-order valence-electron chi connectivity index (χ2n) is 4.92. The molecule has 0 aliphatic rings. The first-order chi connectivity index (χ1) is 9.15. The SMILES string of the molecule is Cc1ccc(-n2ccc3cc(C)ccc3c2=S)cc1. The molecule has 0 saturated heterocycles. The number of pyridine rings is 1. The highest BCUT2D eigenvalue weighted by Crippen LogP contribution is 2.20. The lowest BCUT2D eigenvalue weighted by Crippen LogP contribution is -1.97. The number of hydrogen-bond donors (Lipinski definition) is 0. The topological polar surface area (TPSA) is 4.93 Å². The van der Waals surface area contributed by atoms with Gasteiger partial charge >= 0.3 is 0 Å². The van der Waals surface area contributed by atoms with Crippen molar-refractivity contribution in [2.75, 3.05) is 0 Å². The standard InChI is InChI=1S/C17H15NS/c1-12-3-6-15(7-4-12)18-10-9-14-11-13(2)5-8-16(14)17(18)19/h3-11H,1-2H3. The largest absolute Gasteiger partial charge is 0.308 e. The van der Waals surface area contributed by atoms with Crippen LogP contribution in [0.5, 0.6) is 0 Å². The summed E-state index contributed by atoms with van der Waals surface area (Å²) in [7, 11) is 0. The van der Waals surface area contributed by atoms with Crippen molar-refractivity contribution in [2.45, 2.75) is 13.8 Å². The van der Waals surface area contributed by atoms with Gasteiger partial charge in [0.2, 0.25) is 0 Å². The summed E-state index contributed by atoms with van der Waals surface area (Å²) in [5, 5.41) is 2.33. The Balaban J connectivity index is 2.26. The van der Waals surface area contributed by atoms with Gasteiger partial charge in [-0.2, -0.15) is 0 Å². The number of nitrogens with zero attached hydrogens (tertiary/aromatic N) is 1. The molecule has 0 aliphatic heterocycles. The van der Waals surface area contributed by atoms with Crippen LogP contribution in [-0.2, 0) is 0 Å². The van der Waals surface area contributed by atoms with Crippen LogP contribution in [0, 0.1) is 18.5 Å². The zero-order valence-corrected chi connectivity index (χ0v) is 11.9. The van der Waals surface area contributed by atoms with Crippen molar-refractivity contribution < 1.29 is 0 Å². The van der Waals surface area contributed by atoms with Crippen LogP contribution in [0.1, 0.15) is 11.1 Å². The highest BCUT2D eigenvalue weighted by molar-refractivity contribution is 7.71. The predicted molar refractivity (Wildman–Crippen MR) is 83.6 cm³/mol. The highest BCUT2D eigenvalue weighted by Gasteiger charge is 2.01. The molecule has 0 unspecified atom stereocenters. The molecule has 1 aromatic heterocycles. The lowest BCUT2D eigenvalue weighted by molar-refractivity contribution is 1.04. The maximum absolute atomic E-state index is 5.61. The van der Waals surface area contributed by atoms with Crippen molar-refractivity contribution in [1.82, 2.24) is 4.57 Å². The van der Waals surface area contributed by atoms with Crippen molar-refractivity contribution >= 4 is 23.0 Å². The second kappa shape index (κ2) is 4.63. The minimum atomic E-state index is 0.862. The Morgan fingerprint density at radius 2 is 1.53 bits per heavy atom. The fraction of sp³-hybridized carbons (Fsp3) is 0.118. The molecule has 0 atom stereocenters. The van der Waals surface area contributed by atoms with E-state index in [0.29, 0.717) is 0 Å². The van der Waals surface area contributed by atoms with Crippen LogP contribution in [-0.4, -0.2) is 4.57 Å². The van der Waals surface area contributed by atoms with Crippen LogP contribution >= 0.6 is 12.2 Å². The fourth-order valence-electron chi connectivity index (χ4n) is 2.28. The lowest BCUT2D eigenvalue weighted by Gasteiger charge is -2.10. The molecule has 3 rings (SSSR count). The van der Waals surface area contributed by atoms with Crippen LogP contribution in [0.2, 0.25) is 0 Å². The van der Waals surface area contributed by atoms with Crippen LogP contribution in [0.15, 0.2) is 54.7 Å². The van der Waals surface area contributed by atoms with Gasteiger partial charge in [0.1, 0.15) is 4.64 Å². The van der Waals surface area contributed by atoms with Gasteiger partial charge in [-0.25, -0.2) is 0 Å². The number of benzene rings is 2.